The fraction of sp³-hybridized carbons (Fsp3) is 0. The van der Waals surface area contributed by atoms with Crippen LogP contribution in [0.1, 0.15) is 0 Å². The number of pyridine rings is 2. The highest BCUT2D eigenvalue weighted by Gasteiger charge is 2.14. The minimum atomic E-state index is 0.561. The molecule has 0 amide bonds. The minimum Gasteiger partial charge on any atom is -0.383 e. The number of imidazole rings is 1. The Bertz CT molecular complexity index is 969. The third-order valence-electron chi connectivity index (χ3n) is 3.51. The van der Waals surface area contributed by atoms with Gasteiger partial charge in [-0.1, -0.05) is 35.9 Å². The number of nitrogens with two attached hydrogens (primary N) is 1. The second-order valence-corrected chi connectivity index (χ2v) is 5.24. The standard InChI is InChI=1S/C16H11ClN4/c17-11-6-7-13-20-15(16(18)21(13)9-11)12-5-1-3-10-4-2-8-19-14(10)12/h1-9H,18H2. The van der Waals surface area contributed by atoms with Gasteiger partial charge in [0.25, 0.3) is 0 Å². The molecule has 4 nitrogen and oxygen atoms in total. The number of fused-ring (bicyclic) bond motifs is 2. The van der Waals surface area contributed by atoms with Gasteiger partial charge in [0.15, 0.2) is 0 Å². The lowest BCUT2D eigenvalue weighted by atomic mass is 10.1. The van der Waals surface area contributed by atoms with Crippen molar-refractivity contribution < 1.29 is 0 Å². The van der Waals surface area contributed by atoms with Crippen LogP contribution in [0.25, 0.3) is 27.8 Å². The maximum absolute atomic E-state index is 6.24. The van der Waals surface area contributed by atoms with Crippen molar-refractivity contribution in [2.75, 3.05) is 5.73 Å². The predicted octanol–water partition coefficient (Wildman–Crippen LogP) is 3.79. The first-order chi connectivity index (χ1) is 10.2. The van der Waals surface area contributed by atoms with Crippen LogP contribution in [-0.2, 0) is 0 Å². The number of para-hydroxylation sites is 1. The number of nitrogens with zero attached hydrogens (tertiary/aromatic N) is 3. The Hall–Kier alpha value is -2.59. The molecular formula is C16H11ClN4. The summed E-state index contributed by atoms with van der Waals surface area (Å²) in [4.78, 5) is 9.07. The summed E-state index contributed by atoms with van der Waals surface area (Å²) < 4.78 is 1.79. The summed E-state index contributed by atoms with van der Waals surface area (Å²) in [6.07, 6.45) is 3.54. The molecule has 0 aliphatic heterocycles. The zero-order valence-electron chi connectivity index (χ0n) is 11.0. The molecule has 3 heterocycles. The number of hydrogen-bond acceptors (Lipinski definition) is 3. The fourth-order valence-corrected chi connectivity index (χ4v) is 2.69. The molecule has 1 aromatic carbocycles. The van der Waals surface area contributed by atoms with E-state index in [1.54, 1.807) is 22.9 Å². The Morgan fingerprint density at radius 3 is 2.81 bits per heavy atom. The smallest absolute Gasteiger partial charge is 0.139 e. The van der Waals surface area contributed by atoms with Crippen LogP contribution in [-0.4, -0.2) is 14.4 Å². The van der Waals surface area contributed by atoms with Gasteiger partial charge in [0.1, 0.15) is 17.2 Å². The lowest BCUT2D eigenvalue weighted by Gasteiger charge is -2.04. The molecule has 0 aliphatic rings. The van der Waals surface area contributed by atoms with Crippen LogP contribution >= 0.6 is 11.6 Å². The van der Waals surface area contributed by atoms with Gasteiger partial charge >= 0.3 is 0 Å². The molecule has 21 heavy (non-hydrogen) atoms. The average Bonchev–Trinajstić information content (AvgIpc) is 2.83. The van der Waals surface area contributed by atoms with Gasteiger partial charge in [-0.15, -0.1) is 0 Å². The summed E-state index contributed by atoms with van der Waals surface area (Å²) in [5.74, 6) is 0.561. The van der Waals surface area contributed by atoms with Crippen LogP contribution in [0, 0.1) is 0 Å². The summed E-state index contributed by atoms with van der Waals surface area (Å²) in [5.41, 5.74) is 9.54. The minimum absolute atomic E-state index is 0.561. The summed E-state index contributed by atoms with van der Waals surface area (Å²) >= 11 is 6.02. The molecule has 5 heteroatoms. The first-order valence-electron chi connectivity index (χ1n) is 6.51. The van der Waals surface area contributed by atoms with E-state index in [-0.39, 0.29) is 0 Å². The number of benzene rings is 1. The number of anilines is 1. The lowest BCUT2D eigenvalue weighted by molar-refractivity contribution is 1.20. The van der Waals surface area contributed by atoms with E-state index in [4.69, 9.17) is 17.3 Å². The highest BCUT2D eigenvalue weighted by atomic mass is 35.5. The van der Waals surface area contributed by atoms with Gasteiger partial charge in [0.2, 0.25) is 0 Å². The number of nitrogen functional groups attached to an aromatic ring is 1. The van der Waals surface area contributed by atoms with Gasteiger partial charge < -0.3 is 5.73 Å². The van der Waals surface area contributed by atoms with E-state index in [0.29, 0.717) is 10.8 Å². The third-order valence-corrected chi connectivity index (χ3v) is 3.73. The van der Waals surface area contributed by atoms with E-state index in [1.165, 1.54) is 0 Å². The zero-order valence-corrected chi connectivity index (χ0v) is 11.7. The van der Waals surface area contributed by atoms with Crippen LogP contribution in [0.2, 0.25) is 5.02 Å². The van der Waals surface area contributed by atoms with Crippen molar-refractivity contribution in [2.45, 2.75) is 0 Å². The van der Waals surface area contributed by atoms with Crippen LogP contribution in [0.3, 0.4) is 0 Å². The van der Waals surface area contributed by atoms with Crippen LogP contribution < -0.4 is 5.73 Å². The van der Waals surface area contributed by atoms with E-state index in [9.17, 15) is 0 Å². The molecule has 0 bridgehead atoms. The van der Waals surface area contributed by atoms with Gasteiger partial charge in [-0.3, -0.25) is 9.38 Å². The second kappa shape index (κ2) is 4.46. The van der Waals surface area contributed by atoms with Crippen LogP contribution in [0.15, 0.2) is 54.9 Å². The van der Waals surface area contributed by atoms with Gasteiger partial charge in [-0.2, -0.15) is 0 Å². The normalized spacial score (nSPS) is 11.3. The van der Waals surface area contributed by atoms with Crippen molar-refractivity contribution in [3.05, 3.63) is 59.9 Å². The first-order valence-corrected chi connectivity index (χ1v) is 6.89. The Balaban J connectivity index is 2.07. The molecule has 0 unspecified atom stereocenters. The summed E-state index contributed by atoms with van der Waals surface area (Å²) in [5, 5.41) is 1.68. The molecule has 0 spiro atoms. The quantitative estimate of drug-likeness (QED) is 0.581. The molecule has 0 aliphatic carbocycles. The molecule has 0 radical (unpaired) electrons. The Morgan fingerprint density at radius 1 is 1.05 bits per heavy atom. The summed E-state index contributed by atoms with van der Waals surface area (Å²) in [6.45, 7) is 0. The molecule has 0 atom stereocenters. The lowest BCUT2D eigenvalue weighted by Crippen LogP contribution is -1.94. The highest BCUT2D eigenvalue weighted by molar-refractivity contribution is 6.30. The molecule has 4 rings (SSSR count). The van der Waals surface area contributed by atoms with E-state index in [1.807, 2.05) is 36.4 Å². The van der Waals surface area contributed by atoms with Crippen molar-refractivity contribution in [3.63, 3.8) is 0 Å². The van der Waals surface area contributed by atoms with Crippen molar-refractivity contribution >= 4 is 34.0 Å². The number of halogens is 1. The topological polar surface area (TPSA) is 56.2 Å². The van der Waals surface area contributed by atoms with Crippen molar-refractivity contribution in [1.29, 1.82) is 0 Å². The van der Waals surface area contributed by atoms with Crippen molar-refractivity contribution in [2.24, 2.45) is 0 Å². The molecule has 102 valence electrons. The van der Waals surface area contributed by atoms with E-state index in [0.717, 1.165) is 27.8 Å². The predicted molar refractivity (Wildman–Crippen MR) is 85.4 cm³/mol. The zero-order chi connectivity index (χ0) is 14.4. The van der Waals surface area contributed by atoms with Gasteiger partial charge in [-0.05, 0) is 18.2 Å². The number of rotatable bonds is 1. The monoisotopic (exact) mass is 294 g/mol. The van der Waals surface area contributed by atoms with E-state index >= 15 is 0 Å². The Morgan fingerprint density at radius 2 is 1.90 bits per heavy atom. The molecule has 0 saturated carbocycles. The van der Waals surface area contributed by atoms with Crippen molar-refractivity contribution in [1.82, 2.24) is 14.4 Å². The first kappa shape index (κ1) is 12.2. The SMILES string of the molecule is Nc1c(-c2cccc3cccnc23)nc2ccc(Cl)cn12. The summed E-state index contributed by atoms with van der Waals surface area (Å²) in [7, 11) is 0. The van der Waals surface area contributed by atoms with Gasteiger partial charge in [0, 0.05) is 23.3 Å². The molecule has 2 N–H and O–H groups in total. The molecule has 0 saturated heterocycles. The largest absolute Gasteiger partial charge is 0.383 e. The van der Waals surface area contributed by atoms with Gasteiger partial charge in [-0.25, -0.2) is 4.98 Å². The summed E-state index contributed by atoms with van der Waals surface area (Å²) in [6, 6.07) is 13.6. The van der Waals surface area contributed by atoms with E-state index < -0.39 is 0 Å². The van der Waals surface area contributed by atoms with E-state index in [2.05, 4.69) is 9.97 Å². The van der Waals surface area contributed by atoms with Crippen molar-refractivity contribution in [3.8, 4) is 11.3 Å². The second-order valence-electron chi connectivity index (χ2n) is 4.80. The maximum Gasteiger partial charge on any atom is 0.139 e. The molecule has 0 fully saturated rings. The maximum atomic E-state index is 6.24. The average molecular weight is 295 g/mol. The van der Waals surface area contributed by atoms with Crippen LogP contribution in [0.4, 0.5) is 5.82 Å². The Kier molecular flexibility index (Phi) is 2.59. The third kappa shape index (κ3) is 1.84. The molecular weight excluding hydrogens is 284 g/mol. The molecule has 3 aromatic heterocycles. The fourth-order valence-electron chi connectivity index (χ4n) is 2.53. The van der Waals surface area contributed by atoms with Gasteiger partial charge in [0.05, 0.1) is 10.5 Å². The number of aromatic nitrogens is 3. The molecule has 4 aromatic rings. The number of hydrogen-bond donors (Lipinski definition) is 1. The van der Waals surface area contributed by atoms with Crippen LogP contribution in [0.5, 0.6) is 0 Å². The highest BCUT2D eigenvalue weighted by Crippen LogP contribution is 2.31. The Labute approximate surface area is 125 Å².